The van der Waals surface area contributed by atoms with Gasteiger partial charge in [-0.1, -0.05) is 25.7 Å². The van der Waals surface area contributed by atoms with E-state index in [0.717, 1.165) is 0 Å². The van der Waals surface area contributed by atoms with E-state index < -0.39 is 6.10 Å². The van der Waals surface area contributed by atoms with Crippen molar-refractivity contribution in [3.05, 3.63) is 23.8 Å². The molecule has 1 rings (SSSR count). The molecule has 1 aromatic carbocycles. The largest absolute Gasteiger partial charge is 0.504 e. The highest BCUT2D eigenvalue weighted by Gasteiger charge is 2.03. The van der Waals surface area contributed by atoms with Crippen LogP contribution in [0.2, 0.25) is 0 Å². The van der Waals surface area contributed by atoms with Crippen molar-refractivity contribution in [1.29, 1.82) is 0 Å². The summed E-state index contributed by atoms with van der Waals surface area (Å²) in [6.45, 7) is 4.07. The number of phenols is 1. The molecule has 0 unspecified atom stereocenters. The molecule has 0 saturated carbocycles. The molecule has 0 bridgehead atoms. The van der Waals surface area contributed by atoms with Crippen LogP contribution in [0.3, 0.4) is 0 Å². The number of phenolic OH excluding ortho intramolecular Hbond substituents is 1. The van der Waals surface area contributed by atoms with E-state index in [4.69, 9.17) is 4.74 Å². The molecule has 3 heteroatoms. The summed E-state index contributed by atoms with van der Waals surface area (Å²) in [5.74, 6) is 6.51. The molecule has 0 aliphatic heterocycles. The summed E-state index contributed by atoms with van der Waals surface area (Å²) in [6, 6.07) is 4.86. The van der Waals surface area contributed by atoms with Crippen LogP contribution in [0.5, 0.6) is 11.5 Å². The Balaban J connectivity index is 2.78. The fourth-order valence-corrected chi connectivity index (χ4v) is 1.43. The minimum atomic E-state index is -0.616. The van der Waals surface area contributed by atoms with Crippen LogP contribution in [0.25, 0.3) is 0 Å². The smallest absolute Gasteiger partial charge is 0.161 e. The van der Waals surface area contributed by atoms with Gasteiger partial charge in [0.05, 0.1) is 7.11 Å². The topological polar surface area (TPSA) is 49.7 Å². The zero-order valence-electron chi connectivity index (χ0n) is 10.4. The van der Waals surface area contributed by atoms with Crippen molar-refractivity contribution in [2.24, 2.45) is 5.92 Å². The second-order valence-corrected chi connectivity index (χ2v) is 4.30. The van der Waals surface area contributed by atoms with Gasteiger partial charge in [-0.3, -0.25) is 0 Å². The predicted molar refractivity (Wildman–Crippen MR) is 67.0 cm³/mol. The number of hydrogen-bond acceptors (Lipinski definition) is 3. The lowest BCUT2D eigenvalue weighted by Crippen LogP contribution is -2.06. The summed E-state index contributed by atoms with van der Waals surface area (Å²) in [6.07, 6.45) is 0.0391. The first-order chi connectivity index (χ1) is 8.02. The maximum atomic E-state index is 9.61. The highest BCUT2D eigenvalue weighted by Crippen LogP contribution is 2.25. The second kappa shape index (κ2) is 6.17. The van der Waals surface area contributed by atoms with E-state index in [1.807, 2.05) is 13.8 Å². The number of rotatable bonds is 3. The average Bonchev–Trinajstić information content (AvgIpc) is 2.27. The highest BCUT2D eigenvalue weighted by atomic mass is 16.5. The van der Waals surface area contributed by atoms with Gasteiger partial charge in [0.15, 0.2) is 11.5 Å². The monoisotopic (exact) mass is 234 g/mol. The summed E-state index contributed by atoms with van der Waals surface area (Å²) in [5.41, 5.74) is 0.711. The maximum Gasteiger partial charge on any atom is 0.161 e. The molecule has 0 aliphatic carbocycles. The number of methoxy groups -OCH3 is 1. The minimum absolute atomic E-state index is 0.0841. The molecule has 0 spiro atoms. The Morgan fingerprint density at radius 1 is 1.35 bits per heavy atom. The molecule has 1 aromatic rings. The molecule has 0 aromatic heterocycles. The van der Waals surface area contributed by atoms with Crippen LogP contribution < -0.4 is 4.74 Å². The minimum Gasteiger partial charge on any atom is -0.504 e. The Morgan fingerprint density at radius 3 is 2.65 bits per heavy atom. The summed E-state index contributed by atoms with van der Waals surface area (Å²) >= 11 is 0. The quantitative estimate of drug-likeness (QED) is 0.788. The molecule has 1 atom stereocenters. The molecule has 0 radical (unpaired) electrons. The summed E-state index contributed by atoms with van der Waals surface area (Å²) in [4.78, 5) is 0. The number of benzene rings is 1. The molecular formula is C14H18O3. The van der Waals surface area contributed by atoms with Gasteiger partial charge in [0.25, 0.3) is 0 Å². The molecule has 0 fully saturated rings. The SMILES string of the molecule is COc1cc(C#C[C@@H](O)CC(C)C)ccc1O. The Morgan fingerprint density at radius 2 is 2.06 bits per heavy atom. The lowest BCUT2D eigenvalue weighted by molar-refractivity contribution is 0.204. The van der Waals surface area contributed by atoms with Gasteiger partial charge in [-0.05, 0) is 30.5 Å². The van der Waals surface area contributed by atoms with Crippen molar-refractivity contribution < 1.29 is 14.9 Å². The van der Waals surface area contributed by atoms with Gasteiger partial charge < -0.3 is 14.9 Å². The maximum absolute atomic E-state index is 9.61. The van der Waals surface area contributed by atoms with E-state index in [0.29, 0.717) is 23.7 Å². The standard InChI is InChI=1S/C14H18O3/c1-10(2)8-12(15)6-4-11-5-7-13(16)14(9-11)17-3/h5,7,9-10,12,15-16H,8H2,1-3H3/t12-/m1/s1. The van der Waals surface area contributed by atoms with Gasteiger partial charge >= 0.3 is 0 Å². The lowest BCUT2D eigenvalue weighted by atomic mass is 10.1. The fourth-order valence-electron chi connectivity index (χ4n) is 1.43. The van der Waals surface area contributed by atoms with Crippen LogP contribution >= 0.6 is 0 Å². The van der Waals surface area contributed by atoms with Crippen molar-refractivity contribution in [2.45, 2.75) is 26.4 Å². The van der Waals surface area contributed by atoms with Gasteiger partial charge in [-0.2, -0.15) is 0 Å². The molecule has 92 valence electrons. The molecule has 17 heavy (non-hydrogen) atoms. The van der Waals surface area contributed by atoms with Crippen molar-refractivity contribution in [3.63, 3.8) is 0 Å². The Bertz CT molecular complexity index is 427. The zero-order valence-corrected chi connectivity index (χ0v) is 10.4. The van der Waals surface area contributed by atoms with Crippen molar-refractivity contribution in [2.75, 3.05) is 7.11 Å². The van der Waals surface area contributed by atoms with E-state index >= 15 is 0 Å². The van der Waals surface area contributed by atoms with Crippen LogP contribution in [-0.4, -0.2) is 23.4 Å². The van der Waals surface area contributed by atoms with E-state index in [9.17, 15) is 10.2 Å². The Labute approximate surface area is 102 Å². The highest BCUT2D eigenvalue weighted by molar-refractivity contribution is 5.47. The van der Waals surface area contributed by atoms with Gasteiger partial charge in [-0.25, -0.2) is 0 Å². The number of aliphatic hydroxyl groups excluding tert-OH is 1. The van der Waals surface area contributed by atoms with Crippen molar-refractivity contribution in [1.82, 2.24) is 0 Å². The molecule has 0 saturated heterocycles. The van der Waals surface area contributed by atoms with E-state index in [-0.39, 0.29) is 5.75 Å². The van der Waals surface area contributed by atoms with Crippen molar-refractivity contribution in [3.8, 4) is 23.3 Å². The van der Waals surface area contributed by atoms with Crippen LogP contribution in [-0.2, 0) is 0 Å². The van der Waals surface area contributed by atoms with Crippen molar-refractivity contribution >= 4 is 0 Å². The second-order valence-electron chi connectivity index (χ2n) is 4.30. The number of hydrogen-bond donors (Lipinski definition) is 2. The Hall–Kier alpha value is -1.66. The summed E-state index contributed by atoms with van der Waals surface area (Å²) in [5, 5.41) is 19.0. The molecular weight excluding hydrogens is 216 g/mol. The van der Waals surface area contributed by atoms with E-state index in [1.54, 1.807) is 12.1 Å². The van der Waals surface area contributed by atoms with Gasteiger partial charge in [0, 0.05) is 5.56 Å². The molecule has 2 N–H and O–H groups in total. The number of ether oxygens (including phenoxy) is 1. The molecule has 0 amide bonds. The molecule has 0 heterocycles. The van der Waals surface area contributed by atoms with Crippen LogP contribution in [0, 0.1) is 17.8 Å². The van der Waals surface area contributed by atoms with E-state index in [2.05, 4.69) is 11.8 Å². The lowest BCUT2D eigenvalue weighted by Gasteiger charge is -2.05. The third kappa shape index (κ3) is 4.38. The van der Waals surface area contributed by atoms with E-state index in [1.165, 1.54) is 13.2 Å². The van der Waals surface area contributed by atoms with Gasteiger partial charge in [-0.15, -0.1) is 0 Å². The molecule has 3 nitrogen and oxygen atoms in total. The number of aromatic hydroxyl groups is 1. The first kappa shape index (κ1) is 13.4. The fraction of sp³-hybridized carbons (Fsp3) is 0.429. The van der Waals surface area contributed by atoms with Crippen LogP contribution in [0.4, 0.5) is 0 Å². The third-order valence-electron chi connectivity index (χ3n) is 2.26. The normalized spacial score (nSPS) is 11.8. The average molecular weight is 234 g/mol. The summed E-state index contributed by atoms with van der Waals surface area (Å²) < 4.78 is 4.98. The predicted octanol–water partition coefficient (Wildman–Crippen LogP) is 2.16. The van der Waals surface area contributed by atoms with Crippen LogP contribution in [0.15, 0.2) is 18.2 Å². The first-order valence-electron chi connectivity index (χ1n) is 5.59. The third-order valence-corrected chi connectivity index (χ3v) is 2.26. The van der Waals surface area contributed by atoms with Gasteiger partial charge in [0.1, 0.15) is 6.10 Å². The molecule has 0 aliphatic rings. The van der Waals surface area contributed by atoms with Gasteiger partial charge in [0.2, 0.25) is 0 Å². The first-order valence-corrected chi connectivity index (χ1v) is 5.59. The zero-order chi connectivity index (χ0) is 12.8. The number of aliphatic hydroxyl groups is 1. The summed E-state index contributed by atoms with van der Waals surface area (Å²) in [7, 11) is 1.49. The Kier molecular flexibility index (Phi) is 4.86. The van der Waals surface area contributed by atoms with Crippen LogP contribution in [0.1, 0.15) is 25.8 Å².